The van der Waals surface area contributed by atoms with E-state index in [0.717, 1.165) is 0 Å². The van der Waals surface area contributed by atoms with E-state index in [2.05, 4.69) is 0 Å². The summed E-state index contributed by atoms with van der Waals surface area (Å²) >= 11 is 0. The van der Waals surface area contributed by atoms with E-state index in [1.165, 1.54) is 14.2 Å². The van der Waals surface area contributed by atoms with E-state index in [9.17, 15) is 9.59 Å². The molecule has 0 saturated carbocycles. The number of rotatable bonds is 5. The number of carbonyl (C=O) groups excluding carboxylic acids is 1. The van der Waals surface area contributed by atoms with E-state index in [0.29, 0.717) is 22.8 Å². The molecule has 6 nitrogen and oxygen atoms in total. The van der Waals surface area contributed by atoms with Gasteiger partial charge in [-0.05, 0) is 12.5 Å². The van der Waals surface area contributed by atoms with Crippen molar-refractivity contribution in [3.05, 3.63) is 17.7 Å². The van der Waals surface area contributed by atoms with Gasteiger partial charge in [0.25, 0.3) is 0 Å². The lowest BCUT2D eigenvalue weighted by molar-refractivity contribution is -0.137. The van der Waals surface area contributed by atoms with Crippen molar-refractivity contribution in [2.24, 2.45) is 5.92 Å². The Hall–Kier alpha value is -2.24. The van der Waals surface area contributed by atoms with Gasteiger partial charge in [0.1, 0.15) is 5.75 Å². The van der Waals surface area contributed by atoms with E-state index < -0.39 is 11.9 Å². The van der Waals surface area contributed by atoms with Gasteiger partial charge in [-0.15, -0.1) is 0 Å². The van der Waals surface area contributed by atoms with Crippen LogP contribution in [-0.4, -0.2) is 37.7 Å². The summed E-state index contributed by atoms with van der Waals surface area (Å²) in [5.41, 5.74) is 0.407. The lowest BCUT2D eigenvalue weighted by Gasteiger charge is -2.24. The first-order chi connectivity index (χ1) is 9.56. The van der Waals surface area contributed by atoms with Crippen LogP contribution in [0.1, 0.15) is 23.2 Å². The molecule has 0 fully saturated rings. The number of ketones is 1. The Labute approximate surface area is 116 Å². The summed E-state index contributed by atoms with van der Waals surface area (Å²) in [5.74, 6) is -0.0922. The van der Waals surface area contributed by atoms with Crippen molar-refractivity contribution in [3.63, 3.8) is 0 Å². The van der Waals surface area contributed by atoms with Crippen LogP contribution in [0, 0.1) is 5.92 Å². The van der Waals surface area contributed by atoms with Crippen LogP contribution in [0.4, 0.5) is 0 Å². The second-order valence-corrected chi connectivity index (χ2v) is 4.51. The molecule has 6 heteroatoms. The molecule has 0 aromatic heterocycles. The third kappa shape index (κ3) is 2.68. The minimum Gasteiger partial charge on any atom is -0.493 e. The molecule has 0 amide bonds. The molecule has 1 unspecified atom stereocenters. The highest BCUT2D eigenvalue weighted by molar-refractivity contribution is 6.02. The zero-order valence-electron chi connectivity index (χ0n) is 11.3. The molecule has 0 bridgehead atoms. The highest BCUT2D eigenvalue weighted by Gasteiger charge is 2.30. The summed E-state index contributed by atoms with van der Waals surface area (Å²) in [7, 11) is 2.99. The molecule has 0 radical (unpaired) electrons. The van der Waals surface area contributed by atoms with Gasteiger partial charge in [0.05, 0.1) is 32.3 Å². The maximum Gasteiger partial charge on any atom is 0.303 e. The van der Waals surface area contributed by atoms with Crippen molar-refractivity contribution in [1.82, 2.24) is 0 Å². The number of fused-ring (bicyclic) bond motifs is 1. The third-order valence-electron chi connectivity index (χ3n) is 3.27. The van der Waals surface area contributed by atoms with Gasteiger partial charge in [-0.1, -0.05) is 0 Å². The second kappa shape index (κ2) is 5.81. The smallest absolute Gasteiger partial charge is 0.303 e. The van der Waals surface area contributed by atoms with E-state index in [4.69, 9.17) is 19.3 Å². The third-order valence-corrected chi connectivity index (χ3v) is 3.27. The topological polar surface area (TPSA) is 82.1 Å². The number of benzene rings is 1. The molecule has 0 aliphatic carbocycles. The van der Waals surface area contributed by atoms with Crippen molar-refractivity contribution < 1.29 is 28.9 Å². The monoisotopic (exact) mass is 280 g/mol. The first kappa shape index (κ1) is 14.2. The van der Waals surface area contributed by atoms with Crippen LogP contribution < -0.4 is 14.2 Å². The Balaban J connectivity index is 2.27. The minimum atomic E-state index is -0.920. The maximum absolute atomic E-state index is 12.3. The Morgan fingerprint density at radius 1 is 1.35 bits per heavy atom. The second-order valence-electron chi connectivity index (χ2n) is 4.51. The normalized spacial score (nSPS) is 17.1. The summed E-state index contributed by atoms with van der Waals surface area (Å²) in [6, 6.07) is 3.18. The van der Waals surface area contributed by atoms with E-state index in [-0.39, 0.29) is 25.2 Å². The Bertz CT molecular complexity index is 537. The quantitative estimate of drug-likeness (QED) is 0.885. The van der Waals surface area contributed by atoms with Crippen molar-refractivity contribution in [2.45, 2.75) is 12.8 Å². The summed E-state index contributed by atoms with van der Waals surface area (Å²) in [4.78, 5) is 22.9. The molecular weight excluding hydrogens is 264 g/mol. The average molecular weight is 280 g/mol. The molecule has 1 atom stereocenters. The molecule has 1 N–H and O–H groups in total. The number of carboxylic acid groups (broad SMARTS) is 1. The number of hydrogen-bond acceptors (Lipinski definition) is 5. The van der Waals surface area contributed by atoms with Crippen LogP contribution in [0.5, 0.6) is 17.2 Å². The summed E-state index contributed by atoms with van der Waals surface area (Å²) in [6.45, 7) is 0.189. The molecule has 0 spiro atoms. The van der Waals surface area contributed by atoms with Crippen molar-refractivity contribution in [1.29, 1.82) is 0 Å². The number of methoxy groups -OCH3 is 2. The van der Waals surface area contributed by atoms with Crippen molar-refractivity contribution >= 4 is 11.8 Å². The van der Waals surface area contributed by atoms with Gasteiger partial charge in [0.15, 0.2) is 17.3 Å². The predicted octanol–water partition coefficient (Wildman–Crippen LogP) is 1.76. The van der Waals surface area contributed by atoms with Gasteiger partial charge < -0.3 is 19.3 Å². The molecule has 1 aliphatic rings. The summed E-state index contributed by atoms with van der Waals surface area (Å²) in [5, 5.41) is 8.69. The molecule has 108 valence electrons. The zero-order chi connectivity index (χ0) is 14.7. The summed E-state index contributed by atoms with van der Waals surface area (Å²) < 4.78 is 15.8. The van der Waals surface area contributed by atoms with Crippen molar-refractivity contribution in [2.75, 3.05) is 20.8 Å². The fourth-order valence-electron chi connectivity index (χ4n) is 2.17. The van der Waals surface area contributed by atoms with Gasteiger partial charge in [0.2, 0.25) is 0 Å². The van der Waals surface area contributed by atoms with Crippen LogP contribution >= 0.6 is 0 Å². The van der Waals surface area contributed by atoms with Crippen LogP contribution in [-0.2, 0) is 4.79 Å². The number of Topliss-reactive ketones (excluding diaryl/α,β-unsaturated/α-hetero) is 1. The zero-order valence-corrected chi connectivity index (χ0v) is 11.3. The van der Waals surface area contributed by atoms with E-state index >= 15 is 0 Å². The standard InChI is InChI=1S/C14H16O6/c1-18-11-5-9-10(6-12(11)19-2)20-7-8(14(9)17)3-4-13(15)16/h5-6,8H,3-4,7H2,1-2H3,(H,15,16). The van der Waals surface area contributed by atoms with Gasteiger partial charge in [-0.2, -0.15) is 0 Å². The molecule has 1 heterocycles. The fourth-order valence-corrected chi connectivity index (χ4v) is 2.17. The van der Waals surface area contributed by atoms with Crippen LogP contribution in [0.2, 0.25) is 0 Å². The number of ether oxygens (including phenoxy) is 3. The number of carboxylic acids is 1. The van der Waals surface area contributed by atoms with Gasteiger partial charge >= 0.3 is 5.97 Å². The molecule has 20 heavy (non-hydrogen) atoms. The highest BCUT2D eigenvalue weighted by Crippen LogP contribution is 2.38. The maximum atomic E-state index is 12.3. The molecule has 1 aromatic rings. The lowest BCUT2D eigenvalue weighted by atomic mass is 9.91. The number of hydrogen-bond donors (Lipinski definition) is 1. The average Bonchev–Trinajstić information content (AvgIpc) is 2.45. The Kier molecular flexibility index (Phi) is 4.12. The lowest BCUT2D eigenvalue weighted by Crippen LogP contribution is -2.28. The van der Waals surface area contributed by atoms with Gasteiger partial charge in [-0.25, -0.2) is 0 Å². The summed E-state index contributed by atoms with van der Waals surface area (Å²) in [6.07, 6.45) is 0.213. The molecular formula is C14H16O6. The van der Waals surface area contributed by atoms with Crippen molar-refractivity contribution in [3.8, 4) is 17.2 Å². The van der Waals surface area contributed by atoms with Gasteiger partial charge in [0, 0.05) is 12.5 Å². The first-order valence-electron chi connectivity index (χ1n) is 6.21. The Morgan fingerprint density at radius 2 is 2.00 bits per heavy atom. The molecule has 1 aromatic carbocycles. The number of aliphatic carboxylic acids is 1. The Morgan fingerprint density at radius 3 is 2.60 bits per heavy atom. The predicted molar refractivity (Wildman–Crippen MR) is 69.7 cm³/mol. The van der Waals surface area contributed by atoms with E-state index in [1.54, 1.807) is 12.1 Å². The largest absolute Gasteiger partial charge is 0.493 e. The molecule has 1 aliphatic heterocycles. The minimum absolute atomic E-state index is 0.0532. The number of carbonyl (C=O) groups is 2. The fraction of sp³-hybridized carbons (Fsp3) is 0.429. The van der Waals surface area contributed by atoms with E-state index in [1.807, 2.05) is 0 Å². The van der Waals surface area contributed by atoms with Crippen LogP contribution in [0.15, 0.2) is 12.1 Å². The van der Waals surface area contributed by atoms with Crippen LogP contribution in [0.3, 0.4) is 0 Å². The highest BCUT2D eigenvalue weighted by atomic mass is 16.5. The molecule has 0 saturated heterocycles. The van der Waals surface area contributed by atoms with Crippen LogP contribution in [0.25, 0.3) is 0 Å². The molecule has 2 rings (SSSR count). The SMILES string of the molecule is COc1cc2c(cc1OC)C(=O)C(CCC(=O)O)CO2. The first-order valence-corrected chi connectivity index (χ1v) is 6.21. The van der Waals surface area contributed by atoms with Gasteiger partial charge in [-0.3, -0.25) is 9.59 Å².